The zero-order valence-corrected chi connectivity index (χ0v) is 10.9. The highest BCUT2D eigenvalue weighted by atomic mass is 19.1. The van der Waals surface area contributed by atoms with Crippen LogP contribution in [0.5, 0.6) is 5.75 Å². The fourth-order valence-corrected chi connectivity index (χ4v) is 1.36. The van der Waals surface area contributed by atoms with E-state index >= 15 is 0 Å². The smallest absolute Gasteiger partial charge is 0.165 e. The molecule has 0 bridgehead atoms. The molecule has 0 atom stereocenters. The van der Waals surface area contributed by atoms with E-state index in [-0.39, 0.29) is 11.3 Å². The van der Waals surface area contributed by atoms with Gasteiger partial charge in [0.05, 0.1) is 0 Å². The molecule has 0 aliphatic heterocycles. The molecule has 3 nitrogen and oxygen atoms in total. The highest BCUT2D eigenvalue weighted by Gasteiger charge is 2.19. The Morgan fingerprint density at radius 3 is 2.59 bits per heavy atom. The summed E-state index contributed by atoms with van der Waals surface area (Å²) in [6, 6.07) is 4.57. The molecule has 0 heterocycles. The second kappa shape index (κ2) is 5.47. The number of nitrogens with zero attached hydrogens (tertiary/aromatic N) is 1. The number of rotatable bonds is 5. The number of benzene rings is 1. The van der Waals surface area contributed by atoms with Gasteiger partial charge in [-0.15, -0.1) is 0 Å². The Balaban J connectivity index is 2.55. The number of nitrogens with one attached hydrogen (secondary N) is 1. The summed E-state index contributed by atoms with van der Waals surface area (Å²) in [7, 11) is 4.03. The summed E-state index contributed by atoms with van der Waals surface area (Å²) in [6.07, 6.45) is 0. The highest BCUT2D eigenvalue weighted by Crippen LogP contribution is 2.20. The lowest BCUT2D eigenvalue weighted by Crippen LogP contribution is -2.46. The van der Waals surface area contributed by atoms with E-state index in [9.17, 15) is 9.50 Å². The Hall–Kier alpha value is -1.13. The molecule has 0 radical (unpaired) electrons. The van der Waals surface area contributed by atoms with Crippen molar-refractivity contribution in [2.45, 2.75) is 25.9 Å². The topological polar surface area (TPSA) is 35.5 Å². The first-order valence-corrected chi connectivity index (χ1v) is 5.69. The first-order chi connectivity index (χ1) is 7.84. The third-order valence-corrected chi connectivity index (χ3v) is 3.15. The second-order valence-electron chi connectivity index (χ2n) is 5.06. The molecule has 0 aliphatic carbocycles. The number of likely N-dealkylation sites (N-methyl/N-ethyl adjacent to an activating group) is 1. The van der Waals surface area contributed by atoms with Gasteiger partial charge in [0.15, 0.2) is 11.6 Å². The molecule has 4 heteroatoms. The predicted molar refractivity (Wildman–Crippen MR) is 67.5 cm³/mol. The van der Waals surface area contributed by atoms with Crippen LogP contribution >= 0.6 is 0 Å². The zero-order valence-electron chi connectivity index (χ0n) is 10.9. The Labute approximate surface area is 102 Å². The monoisotopic (exact) mass is 240 g/mol. The van der Waals surface area contributed by atoms with Crippen molar-refractivity contribution in [3.05, 3.63) is 29.6 Å². The average Bonchev–Trinajstić information content (AvgIpc) is 2.24. The van der Waals surface area contributed by atoms with E-state index in [1.807, 2.05) is 14.1 Å². The molecule has 0 saturated carbocycles. The van der Waals surface area contributed by atoms with Crippen molar-refractivity contribution in [2.24, 2.45) is 0 Å². The van der Waals surface area contributed by atoms with Crippen molar-refractivity contribution >= 4 is 0 Å². The number of hydrogen-bond acceptors (Lipinski definition) is 3. The molecule has 0 aliphatic rings. The fraction of sp³-hybridized carbons (Fsp3) is 0.538. The number of hydrogen-bond donors (Lipinski definition) is 2. The largest absolute Gasteiger partial charge is 0.505 e. The van der Waals surface area contributed by atoms with Crippen LogP contribution in [0.2, 0.25) is 0 Å². The van der Waals surface area contributed by atoms with E-state index in [1.165, 1.54) is 6.07 Å². The lowest BCUT2D eigenvalue weighted by atomic mass is 10.0. The van der Waals surface area contributed by atoms with Crippen LogP contribution in [0.4, 0.5) is 4.39 Å². The number of phenols is 1. The molecule has 0 unspecified atom stereocenters. The van der Waals surface area contributed by atoms with Crippen LogP contribution in [0.15, 0.2) is 18.2 Å². The summed E-state index contributed by atoms with van der Waals surface area (Å²) in [5, 5.41) is 12.7. The van der Waals surface area contributed by atoms with Crippen LogP contribution in [0.1, 0.15) is 19.4 Å². The first kappa shape index (κ1) is 13.9. The van der Waals surface area contributed by atoms with Gasteiger partial charge in [-0.2, -0.15) is 0 Å². The van der Waals surface area contributed by atoms with Gasteiger partial charge in [-0.25, -0.2) is 4.39 Å². The summed E-state index contributed by atoms with van der Waals surface area (Å²) in [6.45, 7) is 5.45. The van der Waals surface area contributed by atoms with Crippen LogP contribution in [-0.4, -0.2) is 36.2 Å². The molecule has 96 valence electrons. The maximum absolute atomic E-state index is 13.1. The summed E-state index contributed by atoms with van der Waals surface area (Å²) >= 11 is 0. The number of phenolic OH excluding ortho intramolecular Hbond substituents is 1. The minimum Gasteiger partial charge on any atom is -0.505 e. The maximum atomic E-state index is 13.1. The number of para-hydroxylation sites is 1. The van der Waals surface area contributed by atoms with Gasteiger partial charge in [0.1, 0.15) is 0 Å². The van der Waals surface area contributed by atoms with Crippen LogP contribution in [0, 0.1) is 5.82 Å². The van der Waals surface area contributed by atoms with Gasteiger partial charge in [-0.3, -0.25) is 0 Å². The van der Waals surface area contributed by atoms with Gasteiger partial charge in [-0.1, -0.05) is 12.1 Å². The molecular weight excluding hydrogens is 219 g/mol. The molecule has 0 fully saturated rings. The molecule has 0 aromatic heterocycles. The van der Waals surface area contributed by atoms with Gasteiger partial charge in [0, 0.05) is 24.2 Å². The van der Waals surface area contributed by atoms with Crippen molar-refractivity contribution in [2.75, 3.05) is 20.6 Å². The predicted octanol–water partition coefficient (Wildman–Crippen LogP) is 1.96. The van der Waals surface area contributed by atoms with Crippen molar-refractivity contribution < 1.29 is 9.50 Å². The lowest BCUT2D eigenvalue weighted by molar-refractivity contribution is 0.189. The summed E-state index contributed by atoms with van der Waals surface area (Å²) in [4.78, 5) is 2.12. The first-order valence-electron chi connectivity index (χ1n) is 5.69. The van der Waals surface area contributed by atoms with E-state index in [0.717, 1.165) is 6.54 Å². The Bertz CT molecular complexity index is 378. The van der Waals surface area contributed by atoms with Crippen molar-refractivity contribution in [1.29, 1.82) is 0 Å². The molecule has 0 amide bonds. The molecule has 0 spiro atoms. The van der Waals surface area contributed by atoms with Crippen molar-refractivity contribution in [3.63, 3.8) is 0 Å². The second-order valence-corrected chi connectivity index (χ2v) is 5.06. The van der Waals surface area contributed by atoms with Crippen LogP contribution in [-0.2, 0) is 6.54 Å². The highest BCUT2D eigenvalue weighted by molar-refractivity contribution is 5.33. The number of halogens is 1. The quantitative estimate of drug-likeness (QED) is 0.826. The molecule has 1 aromatic carbocycles. The van der Waals surface area contributed by atoms with Gasteiger partial charge in [-0.05, 0) is 34.0 Å². The maximum Gasteiger partial charge on any atom is 0.165 e. The lowest BCUT2D eigenvalue weighted by Gasteiger charge is -2.32. The van der Waals surface area contributed by atoms with Gasteiger partial charge >= 0.3 is 0 Å². The molecule has 17 heavy (non-hydrogen) atoms. The molecule has 1 rings (SSSR count). The Morgan fingerprint density at radius 2 is 2.00 bits per heavy atom. The van der Waals surface area contributed by atoms with Crippen molar-refractivity contribution in [1.82, 2.24) is 10.2 Å². The van der Waals surface area contributed by atoms with E-state index < -0.39 is 5.82 Å². The zero-order chi connectivity index (χ0) is 13.1. The van der Waals surface area contributed by atoms with Gasteiger partial charge in [0.2, 0.25) is 0 Å². The van der Waals surface area contributed by atoms with E-state index in [1.54, 1.807) is 12.1 Å². The van der Waals surface area contributed by atoms with Gasteiger partial charge in [0.25, 0.3) is 0 Å². The normalized spacial score (nSPS) is 12.1. The minimum absolute atomic E-state index is 0.0168. The van der Waals surface area contributed by atoms with E-state index in [2.05, 4.69) is 24.1 Å². The summed E-state index contributed by atoms with van der Waals surface area (Å²) in [5.74, 6) is -0.834. The standard InChI is InChI=1S/C13H21FN2O/c1-13(2,16(3)4)9-15-8-10-6-5-7-11(14)12(10)17/h5-7,15,17H,8-9H2,1-4H3. The third-order valence-electron chi connectivity index (χ3n) is 3.15. The molecule has 2 N–H and O–H groups in total. The molecule has 1 aromatic rings. The summed E-state index contributed by atoms with van der Waals surface area (Å²) < 4.78 is 13.1. The third kappa shape index (κ3) is 3.68. The summed E-state index contributed by atoms with van der Waals surface area (Å²) in [5.41, 5.74) is 0.600. The van der Waals surface area contributed by atoms with E-state index in [4.69, 9.17) is 0 Å². The fourth-order valence-electron chi connectivity index (χ4n) is 1.36. The van der Waals surface area contributed by atoms with Crippen LogP contribution in [0.3, 0.4) is 0 Å². The SMILES string of the molecule is CN(C)C(C)(C)CNCc1cccc(F)c1O. The van der Waals surface area contributed by atoms with Gasteiger partial charge < -0.3 is 15.3 Å². The van der Waals surface area contributed by atoms with Crippen molar-refractivity contribution in [3.8, 4) is 5.75 Å². The Morgan fingerprint density at radius 1 is 1.35 bits per heavy atom. The van der Waals surface area contributed by atoms with Crippen LogP contribution in [0.25, 0.3) is 0 Å². The minimum atomic E-state index is -0.573. The average molecular weight is 240 g/mol. The number of aromatic hydroxyl groups is 1. The molecular formula is C13H21FN2O. The molecule has 0 saturated heterocycles. The van der Waals surface area contributed by atoms with Crippen LogP contribution < -0.4 is 5.32 Å². The van der Waals surface area contributed by atoms with E-state index in [0.29, 0.717) is 12.1 Å². The Kier molecular flexibility index (Phi) is 4.48.